The first kappa shape index (κ1) is 30.2. The lowest BCUT2D eigenvalue weighted by Crippen LogP contribution is -2.14. The lowest BCUT2D eigenvalue weighted by Gasteiger charge is -2.30. The molecule has 8 rings (SSSR count). The molecule has 0 radical (unpaired) electrons. The maximum Gasteiger partial charge on any atom is 0.149 e. The first-order chi connectivity index (χ1) is 23.9. The van der Waals surface area contributed by atoms with Gasteiger partial charge in [0.2, 0.25) is 0 Å². The van der Waals surface area contributed by atoms with Gasteiger partial charge in [0.25, 0.3) is 0 Å². The van der Waals surface area contributed by atoms with Crippen molar-refractivity contribution in [2.24, 2.45) is 0 Å². The standard InChI is InChI=1S/C44H36N4O/c1-28(2)37-25-33(47(31-14-7-5-8-15-31)32-16-9-6-10-17-32)26-38(29(3)4)42(37)48-40-21-12-11-20-39(40)46-44(48)36-19-13-18-35-34-23-22-30(27-45)24-41(34)49-43(35)36/h5-26,28-29H,1-4H3. The quantitative estimate of drug-likeness (QED) is 0.175. The van der Waals surface area contributed by atoms with Crippen molar-refractivity contribution in [2.45, 2.75) is 39.5 Å². The summed E-state index contributed by atoms with van der Waals surface area (Å²) in [7, 11) is 0. The van der Waals surface area contributed by atoms with Gasteiger partial charge in [-0.3, -0.25) is 4.57 Å². The van der Waals surface area contributed by atoms with Crippen molar-refractivity contribution >= 4 is 50.0 Å². The Bertz CT molecular complexity index is 2450. The molecule has 0 aliphatic heterocycles. The number of fused-ring (bicyclic) bond motifs is 4. The third-order valence-corrected chi connectivity index (χ3v) is 9.34. The molecule has 0 fully saturated rings. The van der Waals surface area contributed by atoms with Crippen LogP contribution in [0.4, 0.5) is 17.1 Å². The monoisotopic (exact) mass is 636 g/mol. The molecule has 0 aliphatic carbocycles. The molecule has 8 aromatic rings. The summed E-state index contributed by atoms with van der Waals surface area (Å²) >= 11 is 0. The lowest BCUT2D eigenvalue weighted by molar-refractivity contribution is 0.669. The van der Waals surface area contributed by atoms with E-state index < -0.39 is 0 Å². The van der Waals surface area contributed by atoms with Crippen LogP contribution in [-0.4, -0.2) is 9.55 Å². The first-order valence-electron chi connectivity index (χ1n) is 16.8. The van der Waals surface area contributed by atoms with Gasteiger partial charge < -0.3 is 9.32 Å². The molecule has 238 valence electrons. The molecular weight excluding hydrogens is 601 g/mol. The average molecular weight is 637 g/mol. The van der Waals surface area contributed by atoms with Gasteiger partial charge in [0.1, 0.15) is 17.0 Å². The Hall–Kier alpha value is -6.12. The molecule has 0 N–H and O–H groups in total. The van der Waals surface area contributed by atoms with Crippen LogP contribution in [0.5, 0.6) is 0 Å². The van der Waals surface area contributed by atoms with Crippen molar-refractivity contribution in [3.8, 4) is 23.1 Å². The Labute approximate surface area is 286 Å². The van der Waals surface area contributed by atoms with Gasteiger partial charge in [-0.05, 0) is 95.8 Å². The van der Waals surface area contributed by atoms with Crippen molar-refractivity contribution in [3.63, 3.8) is 0 Å². The van der Waals surface area contributed by atoms with E-state index in [1.807, 2.05) is 24.3 Å². The molecule has 0 amide bonds. The number of para-hydroxylation sites is 5. The van der Waals surface area contributed by atoms with Gasteiger partial charge in [0.05, 0.1) is 33.9 Å². The van der Waals surface area contributed by atoms with Crippen molar-refractivity contribution < 1.29 is 4.42 Å². The fourth-order valence-electron chi connectivity index (χ4n) is 7.01. The molecule has 0 saturated carbocycles. The van der Waals surface area contributed by atoms with E-state index in [0.717, 1.165) is 61.5 Å². The number of rotatable bonds is 7. The van der Waals surface area contributed by atoms with Crippen LogP contribution in [0.15, 0.2) is 138 Å². The maximum absolute atomic E-state index is 9.56. The second-order valence-electron chi connectivity index (χ2n) is 13.2. The van der Waals surface area contributed by atoms with Crippen molar-refractivity contribution in [1.82, 2.24) is 9.55 Å². The Morgan fingerprint density at radius 1 is 0.653 bits per heavy atom. The van der Waals surface area contributed by atoms with Crippen molar-refractivity contribution in [2.75, 3.05) is 4.90 Å². The highest BCUT2D eigenvalue weighted by Gasteiger charge is 2.26. The molecule has 0 atom stereocenters. The minimum Gasteiger partial charge on any atom is -0.455 e. The Balaban J connectivity index is 1.44. The van der Waals surface area contributed by atoms with Crippen LogP contribution < -0.4 is 4.90 Å². The zero-order valence-corrected chi connectivity index (χ0v) is 28.1. The summed E-state index contributed by atoms with van der Waals surface area (Å²) in [5.74, 6) is 1.24. The summed E-state index contributed by atoms with van der Waals surface area (Å²) in [6.45, 7) is 9.09. The zero-order valence-electron chi connectivity index (χ0n) is 28.1. The van der Waals surface area contributed by atoms with Gasteiger partial charge in [-0.2, -0.15) is 5.26 Å². The van der Waals surface area contributed by atoms with Crippen LogP contribution in [-0.2, 0) is 0 Å². The number of nitriles is 1. The molecule has 0 spiro atoms. The van der Waals surface area contributed by atoms with Gasteiger partial charge in [-0.1, -0.05) is 88.4 Å². The van der Waals surface area contributed by atoms with E-state index in [4.69, 9.17) is 9.40 Å². The first-order valence-corrected chi connectivity index (χ1v) is 16.8. The number of benzene rings is 6. The van der Waals surface area contributed by atoms with Crippen LogP contribution in [0.2, 0.25) is 0 Å². The minimum atomic E-state index is 0.209. The highest BCUT2D eigenvalue weighted by molar-refractivity contribution is 6.09. The summed E-state index contributed by atoms with van der Waals surface area (Å²) < 4.78 is 8.91. The second-order valence-corrected chi connectivity index (χ2v) is 13.2. The van der Waals surface area contributed by atoms with Crippen molar-refractivity contribution in [1.29, 1.82) is 5.26 Å². The zero-order chi connectivity index (χ0) is 33.6. The lowest BCUT2D eigenvalue weighted by atomic mass is 9.90. The second kappa shape index (κ2) is 12.2. The summed E-state index contributed by atoms with van der Waals surface area (Å²) in [6, 6.07) is 48.4. The van der Waals surface area contributed by atoms with Crippen LogP contribution in [0.1, 0.15) is 56.2 Å². The Kier molecular flexibility index (Phi) is 7.50. The third kappa shape index (κ3) is 5.14. The molecule has 0 unspecified atom stereocenters. The van der Waals surface area contributed by atoms with E-state index in [0.29, 0.717) is 11.1 Å². The molecule has 2 heterocycles. The number of furan rings is 1. The van der Waals surface area contributed by atoms with Crippen LogP contribution in [0, 0.1) is 11.3 Å². The average Bonchev–Trinajstić information content (AvgIpc) is 3.70. The molecule has 0 bridgehead atoms. The van der Waals surface area contributed by atoms with E-state index in [1.54, 1.807) is 0 Å². The van der Waals surface area contributed by atoms with Gasteiger partial charge >= 0.3 is 0 Å². The molecule has 0 aliphatic rings. The number of nitrogens with zero attached hydrogens (tertiary/aromatic N) is 4. The van der Waals surface area contributed by atoms with Crippen LogP contribution in [0.25, 0.3) is 50.0 Å². The Morgan fingerprint density at radius 3 is 1.92 bits per heavy atom. The number of aromatic nitrogens is 2. The summed E-state index contributed by atoms with van der Waals surface area (Å²) in [6.07, 6.45) is 0. The number of hydrogen-bond donors (Lipinski definition) is 0. The van der Waals surface area contributed by atoms with E-state index in [2.05, 4.69) is 152 Å². The van der Waals surface area contributed by atoms with E-state index in [1.165, 1.54) is 11.1 Å². The number of anilines is 3. The largest absolute Gasteiger partial charge is 0.455 e. The van der Waals surface area contributed by atoms with Crippen molar-refractivity contribution in [3.05, 3.63) is 150 Å². The topological polar surface area (TPSA) is 58.0 Å². The Morgan fingerprint density at radius 2 is 1.29 bits per heavy atom. The van der Waals surface area contributed by atoms with Crippen LogP contribution >= 0.6 is 0 Å². The summed E-state index contributed by atoms with van der Waals surface area (Å²) in [4.78, 5) is 7.65. The molecule has 5 heteroatoms. The van der Waals surface area contributed by atoms with Gasteiger partial charge in [-0.25, -0.2) is 4.98 Å². The summed E-state index contributed by atoms with van der Waals surface area (Å²) in [5.41, 5.74) is 11.8. The van der Waals surface area contributed by atoms with Gasteiger partial charge in [0.15, 0.2) is 0 Å². The third-order valence-electron chi connectivity index (χ3n) is 9.34. The maximum atomic E-state index is 9.56. The van der Waals surface area contributed by atoms with E-state index in [9.17, 15) is 5.26 Å². The molecule has 49 heavy (non-hydrogen) atoms. The van der Waals surface area contributed by atoms with Gasteiger partial charge in [-0.15, -0.1) is 0 Å². The predicted octanol–water partition coefficient (Wildman–Crippen LogP) is 12.2. The highest BCUT2D eigenvalue weighted by atomic mass is 16.3. The SMILES string of the molecule is CC(C)c1cc(N(c2ccccc2)c2ccccc2)cc(C(C)C)c1-n1c(-c2cccc3c2oc2cc(C#N)ccc23)nc2ccccc21. The molecule has 2 aromatic heterocycles. The summed E-state index contributed by atoms with van der Waals surface area (Å²) in [5, 5.41) is 11.5. The number of hydrogen-bond acceptors (Lipinski definition) is 4. The minimum absolute atomic E-state index is 0.209. The van der Waals surface area contributed by atoms with E-state index >= 15 is 0 Å². The fourth-order valence-corrected chi connectivity index (χ4v) is 7.01. The fraction of sp³-hybridized carbons (Fsp3) is 0.136. The smallest absolute Gasteiger partial charge is 0.149 e. The highest BCUT2D eigenvalue weighted by Crippen LogP contribution is 2.44. The molecular formula is C44H36N4O. The van der Waals surface area contributed by atoms with Gasteiger partial charge in [0, 0.05) is 27.8 Å². The normalized spacial score (nSPS) is 11.6. The molecule has 5 nitrogen and oxygen atoms in total. The van der Waals surface area contributed by atoms with Crippen LogP contribution in [0.3, 0.4) is 0 Å². The molecule has 6 aromatic carbocycles. The molecule has 0 saturated heterocycles. The number of imidazole rings is 1. The predicted molar refractivity (Wildman–Crippen MR) is 201 cm³/mol. The van der Waals surface area contributed by atoms with E-state index in [-0.39, 0.29) is 11.8 Å².